The number of hydrogen-bond acceptors (Lipinski definition) is 4. The highest BCUT2D eigenvalue weighted by Gasteiger charge is 2.15. The van der Waals surface area contributed by atoms with Crippen molar-refractivity contribution in [1.29, 1.82) is 0 Å². The minimum Gasteiger partial charge on any atom is -0.508 e. The topological polar surface area (TPSA) is 70.7 Å². The van der Waals surface area contributed by atoms with E-state index >= 15 is 0 Å². The first-order chi connectivity index (χ1) is 8.97. The third-order valence-corrected chi connectivity index (χ3v) is 3.26. The molecule has 0 fully saturated rings. The molecule has 1 heterocycles. The molecule has 3 aromatic rings. The average molecular weight is 297 g/mol. The molecule has 0 bridgehead atoms. The number of phenolic OH excluding ortho intramolecular Hbond substituents is 2. The van der Waals surface area contributed by atoms with E-state index in [1.165, 1.54) is 18.2 Å². The zero-order valence-corrected chi connectivity index (χ0v) is 10.8. The summed E-state index contributed by atoms with van der Waals surface area (Å²) in [4.78, 5) is 12.3. The summed E-state index contributed by atoms with van der Waals surface area (Å²) >= 11 is 11.8. The molecule has 2 aromatic carbocycles. The smallest absolute Gasteiger partial charge is 0.204 e. The molecule has 0 aliphatic heterocycles. The van der Waals surface area contributed by atoms with Gasteiger partial charge in [-0.1, -0.05) is 23.2 Å². The Morgan fingerprint density at radius 1 is 1.05 bits per heavy atom. The zero-order valence-electron chi connectivity index (χ0n) is 9.28. The van der Waals surface area contributed by atoms with Crippen LogP contribution in [0.4, 0.5) is 0 Å². The van der Waals surface area contributed by atoms with Crippen molar-refractivity contribution in [2.45, 2.75) is 0 Å². The van der Waals surface area contributed by atoms with E-state index in [4.69, 9.17) is 27.6 Å². The van der Waals surface area contributed by atoms with Crippen LogP contribution in [-0.2, 0) is 0 Å². The number of fused-ring (bicyclic) bond motifs is 2. The summed E-state index contributed by atoms with van der Waals surface area (Å²) < 4.78 is 5.46. The monoisotopic (exact) mass is 296 g/mol. The quantitative estimate of drug-likeness (QED) is 0.621. The predicted molar refractivity (Wildman–Crippen MR) is 73.3 cm³/mol. The highest BCUT2D eigenvalue weighted by Crippen LogP contribution is 2.33. The van der Waals surface area contributed by atoms with Crippen molar-refractivity contribution >= 4 is 45.1 Å². The van der Waals surface area contributed by atoms with Gasteiger partial charge in [-0.05, 0) is 12.1 Å². The average Bonchev–Trinajstić information content (AvgIpc) is 2.30. The van der Waals surface area contributed by atoms with Crippen LogP contribution in [0.2, 0.25) is 10.0 Å². The second-order valence-corrected chi connectivity index (χ2v) is 4.88. The first-order valence-corrected chi connectivity index (χ1v) is 6.00. The normalized spacial score (nSPS) is 11.3. The highest BCUT2D eigenvalue weighted by molar-refractivity contribution is 6.38. The van der Waals surface area contributed by atoms with E-state index in [9.17, 15) is 15.0 Å². The van der Waals surface area contributed by atoms with Gasteiger partial charge in [-0.2, -0.15) is 0 Å². The third-order valence-electron chi connectivity index (χ3n) is 2.76. The van der Waals surface area contributed by atoms with Crippen molar-refractivity contribution in [3.05, 3.63) is 44.5 Å². The molecule has 1 aromatic heterocycles. The molecule has 0 spiro atoms. The first kappa shape index (κ1) is 12.1. The Hall–Kier alpha value is -1.91. The Morgan fingerprint density at radius 3 is 2.53 bits per heavy atom. The largest absolute Gasteiger partial charge is 0.508 e. The minimum absolute atomic E-state index is 0.0244. The van der Waals surface area contributed by atoms with E-state index < -0.39 is 5.43 Å². The van der Waals surface area contributed by atoms with Gasteiger partial charge in [0.25, 0.3) is 0 Å². The first-order valence-electron chi connectivity index (χ1n) is 5.25. The molecule has 6 heteroatoms. The number of aromatic hydroxyl groups is 2. The van der Waals surface area contributed by atoms with Gasteiger partial charge < -0.3 is 14.6 Å². The summed E-state index contributed by atoms with van der Waals surface area (Å²) in [5, 5.41) is 19.8. The van der Waals surface area contributed by atoms with E-state index in [0.29, 0.717) is 5.02 Å². The van der Waals surface area contributed by atoms with Gasteiger partial charge in [-0.3, -0.25) is 4.79 Å². The minimum atomic E-state index is -0.460. The number of benzene rings is 2. The Labute approximate surface area is 116 Å². The fourth-order valence-electron chi connectivity index (χ4n) is 1.97. The van der Waals surface area contributed by atoms with Gasteiger partial charge >= 0.3 is 0 Å². The van der Waals surface area contributed by atoms with Gasteiger partial charge in [0.05, 0.1) is 10.4 Å². The van der Waals surface area contributed by atoms with Gasteiger partial charge in [0.1, 0.15) is 22.5 Å². The fraction of sp³-hybridized carbons (Fsp3) is 0. The van der Waals surface area contributed by atoms with E-state index in [0.717, 1.165) is 6.07 Å². The maximum absolute atomic E-state index is 12.3. The van der Waals surface area contributed by atoms with Crippen LogP contribution in [-0.4, -0.2) is 10.2 Å². The zero-order chi connectivity index (χ0) is 13.7. The van der Waals surface area contributed by atoms with Gasteiger partial charge in [0.2, 0.25) is 5.43 Å². The molecule has 3 rings (SSSR count). The lowest BCUT2D eigenvalue weighted by atomic mass is 10.1. The molecule has 0 saturated heterocycles. The molecule has 0 radical (unpaired) electrons. The van der Waals surface area contributed by atoms with E-state index in [1.54, 1.807) is 0 Å². The Bertz CT molecular complexity index is 883. The van der Waals surface area contributed by atoms with Crippen molar-refractivity contribution < 1.29 is 14.6 Å². The van der Waals surface area contributed by atoms with Crippen LogP contribution < -0.4 is 5.43 Å². The lowest BCUT2D eigenvalue weighted by Crippen LogP contribution is -2.02. The molecule has 2 N–H and O–H groups in total. The number of rotatable bonds is 0. The summed E-state index contributed by atoms with van der Waals surface area (Å²) in [6, 6.07) is 5.17. The predicted octanol–water partition coefficient (Wildman–Crippen LogP) is 3.66. The molecular formula is C13H6Cl2O4. The lowest BCUT2D eigenvalue weighted by molar-refractivity contribution is 0.453. The molecule has 19 heavy (non-hydrogen) atoms. The number of halogens is 2. The molecule has 0 atom stereocenters. The van der Waals surface area contributed by atoms with Crippen molar-refractivity contribution in [2.75, 3.05) is 0 Å². The Balaban J connectivity index is 2.64. The van der Waals surface area contributed by atoms with Crippen LogP contribution in [0.5, 0.6) is 11.5 Å². The molecule has 0 aliphatic rings. The van der Waals surface area contributed by atoms with Gasteiger partial charge in [0, 0.05) is 17.2 Å². The van der Waals surface area contributed by atoms with Crippen LogP contribution in [0.25, 0.3) is 21.9 Å². The van der Waals surface area contributed by atoms with Gasteiger partial charge in [-0.15, -0.1) is 0 Å². The standard InChI is InChI=1S/C13H6Cl2O4/c14-5-1-7-12(18)11-9(17)3-6(16)4-10(11)19-13(7)8(15)2-5/h1-4,16-17H. The van der Waals surface area contributed by atoms with Crippen molar-refractivity contribution in [3.8, 4) is 11.5 Å². The molecule has 96 valence electrons. The second-order valence-electron chi connectivity index (χ2n) is 4.03. The molecule has 0 amide bonds. The summed E-state index contributed by atoms with van der Waals surface area (Å²) in [6.07, 6.45) is 0. The van der Waals surface area contributed by atoms with Crippen molar-refractivity contribution in [1.82, 2.24) is 0 Å². The maximum atomic E-state index is 12.3. The van der Waals surface area contributed by atoms with Crippen LogP contribution in [0.3, 0.4) is 0 Å². The Kier molecular flexibility index (Phi) is 2.59. The SMILES string of the molecule is O=c1c2cc(Cl)cc(Cl)c2oc2cc(O)cc(O)c12. The van der Waals surface area contributed by atoms with Crippen LogP contribution in [0, 0.1) is 0 Å². The fourth-order valence-corrected chi connectivity index (χ4v) is 2.50. The van der Waals surface area contributed by atoms with E-state index in [1.807, 2.05) is 0 Å². The van der Waals surface area contributed by atoms with Crippen molar-refractivity contribution in [3.63, 3.8) is 0 Å². The number of phenols is 2. The summed E-state index contributed by atoms with van der Waals surface area (Å²) in [7, 11) is 0. The molecule has 0 aliphatic carbocycles. The Morgan fingerprint density at radius 2 is 1.79 bits per heavy atom. The van der Waals surface area contributed by atoms with E-state index in [-0.39, 0.29) is 38.5 Å². The van der Waals surface area contributed by atoms with Crippen LogP contribution >= 0.6 is 23.2 Å². The highest BCUT2D eigenvalue weighted by atomic mass is 35.5. The number of hydrogen-bond donors (Lipinski definition) is 2. The second kappa shape index (κ2) is 4.05. The molecular weight excluding hydrogens is 291 g/mol. The summed E-state index contributed by atoms with van der Waals surface area (Å²) in [5.74, 6) is -0.570. The lowest BCUT2D eigenvalue weighted by Gasteiger charge is -2.05. The third kappa shape index (κ3) is 1.80. The summed E-state index contributed by atoms with van der Waals surface area (Å²) in [6.45, 7) is 0. The van der Waals surface area contributed by atoms with Crippen molar-refractivity contribution in [2.24, 2.45) is 0 Å². The van der Waals surface area contributed by atoms with Crippen LogP contribution in [0.1, 0.15) is 0 Å². The van der Waals surface area contributed by atoms with Gasteiger partial charge in [0.15, 0.2) is 5.58 Å². The van der Waals surface area contributed by atoms with Gasteiger partial charge in [-0.25, -0.2) is 0 Å². The molecule has 4 nitrogen and oxygen atoms in total. The maximum Gasteiger partial charge on any atom is 0.204 e. The van der Waals surface area contributed by atoms with E-state index in [2.05, 4.69) is 0 Å². The molecule has 0 saturated carbocycles. The van der Waals surface area contributed by atoms with Crippen LogP contribution in [0.15, 0.2) is 33.5 Å². The molecule has 0 unspecified atom stereocenters. The summed E-state index contributed by atoms with van der Waals surface area (Å²) in [5.41, 5.74) is -0.245.